The predicted octanol–water partition coefficient (Wildman–Crippen LogP) is 5.19. The Hall–Kier alpha value is -1.64. The lowest BCUT2D eigenvalue weighted by Gasteiger charge is -2.37. The quantitative estimate of drug-likeness (QED) is 0.378. The molecule has 4 nitrogen and oxygen atoms in total. The average molecular weight is 443 g/mol. The molecule has 1 saturated carbocycles. The molecule has 1 aliphatic carbocycles. The Labute approximate surface area is 177 Å². The van der Waals surface area contributed by atoms with Gasteiger partial charge < -0.3 is 14.5 Å². The third-order valence-electron chi connectivity index (χ3n) is 5.92. The van der Waals surface area contributed by atoms with Crippen molar-refractivity contribution >= 4 is 35.1 Å². The lowest BCUT2D eigenvalue weighted by Crippen LogP contribution is -2.48. The van der Waals surface area contributed by atoms with Gasteiger partial charge in [0.1, 0.15) is 21.6 Å². The molecule has 1 aromatic heterocycles. The van der Waals surface area contributed by atoms with Crippen LogP contribution in [-0.2, 0) is 0 Å². The summed E-state index contributed by atoms with van der Waals surface area (Å²) in [4.78, 5) is 7.56. The first-order valence-corrected chi connectivity index (χ1v) is 10.7. The summed E-state index contributed by atoms with van der Waals surface area (Å²) in [7, 11) is 4.13. The highest BCUT2D eigenvalue weighted by molar-refractivity contribution is 8.00. The molecule has 2 heterocycles. The molecule has 0 radical (unpaired) electrons. The lowest BCUT2D eigenvalue weighted by atomic mass is 9.91. The summed E-state index contributed by atoms with van der Waals surface area (Å²) in [5.41, 5.74) is 0.396. The predicted molar refractivity (Wildman–Crippen MR) is 111 cm³/mol. The number of benzene rings is 1. The zero-order valence-corrected chi connectivity index (χ0v) is 17.8. The highest BCUT2D eigenvalue weighted by Gasteiger charge is 2.51. The largest absolute Gasteiger partial charge is 0.368 e. The van der Waals surface area contributed by atoms with Crippen molar-refractivity contribution in [1.29, 1.82) is 0 Å². The summed E-state index contributed by atoms with van der Waals surface area (Å²) in [6.07, 6.45) is 3.32. The van der Waals surface area contributed by atoms with Crippen LogP contribution in [0.2, 0.25) is 5.02 Å². The van der Waals surface area contributed by atoms with Gasteiger partial charge in [-0.3, -0.25) is 0 Å². The van der Waals surface area contributed by atoms with Crippen molar-refractivity contribution in [2.45, 2.75) is 29.7 Å². The van der Waals surface area contributed by atoms with Crippen molar-refractivity contribution in [3.05, 3.63) is 46.9 Å². The topological polar surface area (TPSA) is 31.4 Å². The Kier molecular flexibility index (Phi) is 5.61. The van der Waals surface area contributed by atoms with Gasteiger partial charge in [0.05, 0.1) is 5.69 Å². The van der Waals surface area contributed by atoms with E-state index in [0.29, 0.717) is 36.6 Å². The van der Waals surface area contributed by atoms with E-state index in [2.05, 4.69) is 28.7 Å². The molecule has 1 saturated heterocycles. The minimum Gasteiger partial charge on any atom is -0.368 e. The molecule has 0 spiro atoms. The number of nitrogens with one attached hydrogen (secondary N) is 1. The van der Waals surface area contributed by atoms with Crippen LogP contribution in [0.3, 0.4) is 0 Å². The minimum atomic E-state index is -0.829. The van der Waals surface area contributed by atoms with E-state index in [9.17, 15) is 13.2 Å². The minimum absolute atomic E-state index is 0.0221. The van der Waals surface area contributed by atoms with Crippen molar-refractivity contribution in [3.63, 3.8) is 0 Å². The van der Waals surface area contributed by atoms with Crippen LogP contribution in [0.5, 0.6) is 0 Å². The van der Waals surface area contributed by atoms with E-state index in [-0.39, 0.29) is 21.3 Å². The summed E-state index contributed by atoms with van der Waals surface area (Å²) in [6.45, 7) is 1.40. The molecule has 2 fully saturated rings. The average Bonchev–Trinajstić information content (AvgIpc) is 3.44. The molecular weight excluding hydrogens is 421 g/mol. The number of hydrogen-bond acceptors (Lipinski definition) is 5. The van der Waals surface area contributed by atoms with Crippen molar-refractivity contribution < 1.29 is 13.2 Å². The maximum Gasteiger partial charge on any atom is 0.214 e. The molecule has 2 aliphatic rings. The van der Waals surface area contributed by atoms with E-state index >= 15 is 0 Å². The summed E-state index contributed by atoms with van der Waals surface area (Å²) in [5, 5.41) is -0.103. The van der Waals surface area contributed by atoms with Crippen molar-refractivity contribution in [1.82, 2.24) is 9.88 Å². The molecule has 1 unspecified atom stereocenters. The van der Waals surface area contributed by atoms with Gasteiger partial charge in [0.25, 0.3) is 0 Å². The van der Waals surface area contributed by atoms with Gasteiger partial charge in [-0.25, -0.2) is 13.8 Å². The zero-order chi connectivity index (χ0) is 20.8. The smallest absolute Gasteiger partial charge is 0.214 e. The maximum absolute atomic E-state index is 14.9. The van der Waals surface area contributed by atoms with Gasteiger partial charge in [-0.15, -0.1) is 0 Å². The van der Waals surface area contributed by atoms with Crippen LogP contribution < -0.4 is 9.62 Å². The fourth-order valence-corrected chi connectivity index (χ4v) is 5.16. The first-order chi connectivity index (χ1) is 13.8. The van der Waals surface area contributed by atoms with Gasteiger partial charge in [-0.2, -0.15) is 4.39 Å². The summed E-state index contributed by atoms with van der Waals surface area (Å²) >= 11 is 6.99. The van der Waals surface area contributed by atoms with Crippen LogP contribution in [-0.4, -0.2) is 42.6 Å². The van der Waals surface area contributed by atoms with E-state index in [0.717, 1.165) is 6.42 Å². The normalized spacial score (nSPS) is 21.8. The van der Waals surface area contributed by atoms with E-state index < -0.39 is 17.6 Å². The van der Waals surface area contributed by atoms with Crippen LogP contribution in [0, 0.1) is 23.5 Å². The van der Waals surface area contributed by atoms with Crippen LogP contribution in [0.4, 0.5) is 24.7 Å². The molecule has 1 N–H and O–H groups in total. The Balaban J connectivity index is 1.56. The molecule has 156 valence electrons. The molecule has 1 aromatic carbocycles. The monoisotopic (exact) mass is 442 g/mol. The standard InChI is InChI=1S/C20H22ClF3N4S/c1-27(2)20(12-6-7-12)8-9-28(11-20)14-10-13(22)19(18(24)17(14)21)29-26-16-5-3-4-15(23)25-16/h3-5,10,12H,6-9,11H2,1-2H3,(H,25,26). The fraction of sp³-hybridized carbons (Fsp3) is 0.450. The van der Waals surface area contributed by atoms with Gasteiger partial charge in [0.2, 0.25) is 5.95 Å². The molecule has 1 aliphatic heterocycles. The summed E-state index contributed by atoms with van der Waals surface area (Å²) in [5.74, 6) is -1.45. The molecular formula is C20H22ClF3N4S. The van der Waals surface area contributed by atoms with Crippen molar-refractivity contribution in [2.75, 3.05) is 36.8 Å². The van der Waals surface area contributed by atoms with E-state index in [1.54, 1.807) is 0 Å². The van der Waals surface area contributed by atoms with Gasteiger partial charge in [0.15, 0.2) is 5.82 Å². The van der Waals surface area contributed by atoms with E-state index in [1.807, 2.05) is 4.90 Å². The Morgan fingerprint density at radius 3 is 2.69 bits per heavy atom. The molecule has 0 amide bonds. The van der Waals surface area contributed by atoms with Crippen molar-refractivity contribution in [3.8, 4) is 0 Å². The molecule has 4 rings (SSSR count). The molecule has 2 aromatic rings. The molecule has 9 heteroatoms. The first-order valence-electron chi connectivity index (χ1n) is 9.47. The maximum atomic E-state index is 14.9. The number of aromatic nitrogens is 1. The second-order valence-electron chi connectivity index (χ2n) is 7.83. The van der Waals surface area contributed by atoms with Crippen LogP contribution in [0.15, 0.2) is 29.2 Å². The molecule has 0 bridgehead atoms. The number of halogens is 4. The number of hydrogen-bond donors (Lipinski definition) is 1. The number of likely N-dealkylation sites (N-methyl/N-ethyl adjacent to an activating group) is 1. The van der Waals surface area contributed by atoms with Crippen LogP contribution in [0.25, 0.3) is 0 Å². The highest BCUT2D eigenvalue weighted by Crippen LogP contribution is 2.49. The Morgan fingerprint density at radius 1 is 1.28 bits per heavy atom. The number of nitrogens with zero attached hydrogens (tertiary/aromatic N) is 3. The van der Waals surface area contributed by atoms with Gasteiger partial charge >= 0.3 is 0 Å². The second kappa shape index (κ2) is 7.89. The fourth-order valence-electron chi connectivity index (χ4n) is 4.16. The first kappa shape index (κ1) is 20.6. The Bertz CT molecular complexity index is 921. The molecule has 29 heavy (non-hydrogen) atoms. The van der Waals surface area contributed by atoms with Gasteiger partial charge in [0, 0.05) is 24.7 Å². The molecule has 1 atom stereocenters. The van der Waals surface area contributed by atoms with Crippen LogP contribution >= 0.6 is 23.5 Å². The van der Waals surface area contributed by atoms with Gasteiger partial charge in [-0.05, 0) is 63.4 Å². The SMILES string of the molecule is CN(C)C1(C2CC2)CCN(c2cc(F)c(SNc3cccc(F)n3)c(F)c2Cl)C1. The lowest BCUT2D eigenvalue weighted by molar-refractivity contribution is 0.147. The third-order valence-corrected chi connectivity index (χ3v) is 7.17. The summed E-state index contributed by atoms with van der Waals surface area (Å²) in [6, 6.07) is 5.43. The number of rotatable bonds is 6. The summed E-state index contributed by atoms with van der Waals surface area (Å²) < 4.78 is 45.5. The second-order valence-corrected chi connectivity index (χ2v) is 9.02. The number of anilines is 2. The van der Waals surface area contributed by atoms with Crippen molar-refractivity contribution in [2.24, 2.45) is 5.92 Å². The Morgan fingerprint density at radius 2 is 2.03 bits per heavy atom. The van der Waals surface area contributed by atoms with Crippen LogP contribution in [0.1, 0.15) is 19.3 Å². The third kappa shape index (κ3) is 3.90. The highest BCUT2D eigenvalue weighted by atomic mass is 35.5. The zero-order valence-electron chi connectivity index (χ0n) is 16.2. The van der Waals surface area contributed by atoms with Gasteiger partial charge in [-0.1, -0.05) is 17.7 Å². The van der Waals surface area contributed by atoms with E-state index in [1.165, 1.54) is 37.1 Å². The number of pyridine rings is 1. The van der Waals surface area contributed by atoms with E-state index in [4.69, 9.17) is 11.6 Å².